The fourth-order valence-electron chi connectivity index (χ4n) is 2.02. The SMILES string of the molecule is O=C1C=CC(=O)C=C1.c1ccc2c(c1)Nc1ccccc1S2. The van der Waals surface area contributed by atoms with Crippen LogP contribution in [0.25, 0.3) is 0 Å². The van der Waals surface area contributed by atoms with Crippen LogP contribution in [0.3, 0.4) is 0 Å². The van der Waals surface area contributed by atoms with Gasteiger partial charge in [-0.1, -0.05) is 36.0 Å². The van der Waals surface area contributed by atoms with Crippen molar-refractivity contribution in [3.8, 4) is 0 Å². The monoisotopic (exact) mass is 307 g/mol. The number of fused-ring (bicyclic) bond motifs is 2. The Balaban J connectivity index is 0.000000154. The summed E-state index contributed by atoms with van der Waals surface area (Å²) in [6.07, 6.45) is 5.01. The number of allylic oxidation sites excluding steroid dienone is 4. The Morgan fingerprint density at radius 1 is 0.636 bits per heavy atom. The molecular weight excluding hydrogens is 294 g/mol. The number of ketones is 2. The van der Waals surface area contributed by atoms with Crippen LogP contribution >= 0.6 is 11.8 Å². The molecule has 2 aliphatic rings. The van der Waals surface area contributed by atoms with Crippen molar-refractivity contribution in [2.45, 2.75) is 9.79 Å². The summed E-state index contributed by atoms with van der Waals surface area (Å²) in [5.74, 6) is -0.241. The smallest absolute Gasteiger partial charge is 0.178 e. The first-order chi connectivity index (χ1) is 10.7. The zero-order valence-electron chi connectivity index (χ0n) is 11.7. The van der Waals surface area contributed by atoms with Gasteiger partial charge in [0, 0.05) is 9.79 Å². The average Bonchev–Trinajstić information content (AvgIpc) is 2.56. The van der Waals surface area contributed by atoms with E-state index in [4.69, 9.17) is 0 Å². The van der Waals surface area contributed by atoms with Gasteiger partial charge in [0.2, 0.25) is 0 Å². The molecule has 2 aromatic carbocycles. The van der Waals surface area contributed by atoms with Crippen molar-refractivity contribution in [3.05, 3.63) is 72.8 Å². The van der Waals surface area contributed by atoms with E-state index in [2.05, 4.69) is 53.8 Å². The number of para-hydroxylation sites is 2. The molecule has 3 nitrogen and oxygen atoms in total. The number of anilines is 2. The van der Waals surface area contributed by atoms with Gasteiger partial charge in [0.05, 0.1) is 11.4 Å². The van der Waals surface area contributed by atoms with E-state index in [0.29, 0.717) is 0 Å². The van der Waals surface area contributed by atoms with Crippen LogP contribution in [0.15, 0.2) is 82.6 Å². The van der Waals surface area contributed by atoms with Gasteiger partial charge in [-0.25, -0.2) is 0 Å². The standard InChI is InChI=1S/C12H9NS.C6H4O2/c1-3-7-11-9(5-1)13-10-6-2-4-8-12(10)14-11;7-5-1-2-6(8)4-3-5/h1-8,13H;1-4H. The normalized spacial score (nSPS) is 14.4. The second-order valence-electron chi connectivity index (χ2n) is 4.69. The van der Waals surface area contributed by atoms with Crippen LogP contribution in [-0.4, -0.2) is 11.6 Å². The minimum atomic E-state index is -0.121. The molecule has 4 rings (SSSR count). The molecule has 0 atom stereocenters. The lowest BCUT2D eigenvalue weighted by Gasteiger charge is -2.19. The Morgan fingerprint density at radius 3 is 1.50 bits per heavy atom. The van der Waals surface area contributed by atoms with Gasteiger partial charge in [-0.15, -0.1) is 0 Å². The third-order valence-electron chi connectivity index (χ3n) is 3.09. The maximum absolute atomic E-state index is 10.3. The van der Waals surface area contributed by atoms with E-state index in [0.717, 1.165) is 0 Å². The fraction of sp³-hybridized carbons (Fsp3) is 0. The molecular formula is C18H13NO2S. The van der Waals surface area contributed by atoms with E-state index in [1.165, 1.54) is 45.5 Å². The van der Waals surface area contributed by atoms with Crippen LogP contribution in [0.1, 0.15) is 0 Å². The molecule has 4 heteroatoms. The lowest BCUT2D eigenvalue weighted by atomic mass is 10.2. The van der Waals surface area contributed by atoms with Gasteiger partial charge in [0.1, 0.15) is 0 Å². The summed E-state index contributed by atoms with van der Waals surface area (Å²) in [5.41, 5.74) is 2.41. The quantitative estimate of drug-likeness (QED) is 0.634. The molecule has 0 amide bonds. The summed E-state index contributed by atoms with van der Waals surface area (Å²) in [5, 5.41) is 3.42. The number of carbonyl (C=O) groups is 2. The largest absolute Gasteiger partial charge is 0.354 e. The van der Waals surface area contributed by atoms with E-state index in [1.807, 2.05) is 11.8 Å². The van der Waals surface area contributed by atoms with Crippen molar-refractivity contribution in [1.29, 1.82) is 0 Å². The van der Waals surface area contributed by atoms with Crippen molar-refractivity contribution in [2.24, 2.45) is 0 Å². The van der Waals surface area contributed by atoms with Crippen molar-refractivity contribution in [1.82, 2.24) is 0 Å². The molecule has 0 bridgehead atoms. The maximum atomic E-state index is 10.3. The summed E-state index contributed by atoms with van der Waals surface area (Å²) in [7, 11) is 0. The third-order valence-corrected chi connectivity index (χ3v) is 4.24. The zero-order chi connectivity index (χ0) is 15.4. The van der Waals surface area contributed by atoms with Crippen molar-refractivity contribution in [3.63, 3.8) is 0 Å². The molecule has 1 N–H and O–H groups in total. The van der Waals surface area contributed by atoms with Gasteiger partial charge in [-0.2, -0.15) is 0 Å². The number of carbonyl (C=O) groups excluding carboxylic acids is 2. The molecule has 0 fully saturated rings. The highest BCUT2D eigenvalue weighted by Gasteiger charge is 2.13. The van der Waals surface area contributed by atoms with Gasteiger partial charge >= 0.3 is 0 Å². The third kappa shape index (κ3) is 3.35. The Kier molecular flexibility index (Phi) is 4.21. The first-order valence-electron chi connectivity index (χ1n) is 6.79. The topological polar surface area (TPSA) is 46.2 Å². The molecule has 0 unspecified atom stereocenters. The van der Waals surface area contributed by atoms with Crippen molar-refractivity contribution in [2.75, 3.05) is 5.32 Å². The van der Waals surface area contributed by atoms with E-state index in [9.17, 15) is 9.59 Å². The van der Waals surface area contributed by atoms with Crippen LogP contribution in [0.2, 0.25) is 0 Å². The van der Waals surface area contributed by atoms with Crippen LogP contribution in [-0.2, 0) is 9.59 Å². The highest BCUT2D eigenvalue weighted by atomic mass is 32.2. The number of benzene rings is 2. The van der Waals surface area contributed by atoms with E-state index < -0.39 is 0 Å². The molecule has 1 heterocycles. The first-order valence-corrected chi connectivity index (χ1v) is 7.61. The lowest BCUT2D eigenvalue weighted by molar-refractivity contribution is -0.113. The van der Waals surface area contributed by atoms with Gasteiger partial charge in [-0.3, -0.25) is 9.59 Å². The molecule has 0 spiro atoms. The fourth-order valence-corrected chi connectivity index (χ4v) is 3.01. The van der Waals surface area contributed by atoms with E-state index >= 15 is 0 Å². The summed E-state index contributed by atoms with van der Waals surface area (Å²) in [6, 6.07) is 16.8. The molecule has 108 valence electrons. The Hall–Kier alpha value is -2.59. The highest BCUT2D eigenvalue weighted by Crippen LogP contribution is 2.43. The molecule has 1 aliphatic carbocycles. The second-order valence-corrected chi connectivity index (χ2v) is 5.77. The van der Waals surface area contributed by atoms with Crippen LogP contribution in [0.4, 0.5) is 11.4 Å². The van der Waals surface area contributed by atoms with Crippen molar-refractivity contribution < 1.29 is 9.59 Å². The molecule has 2 aromatic rings. The minimum Gasteiger partial charge on any atom is -0.354 e. The van der Waals surface area contributed by atoms with E-state index in [-0.39, 0.29) is 11.6 Å². The molecule has 0 saturated carbocycles. The average molecular weight is 307 g/mol. The molecule has 0 saturated heterocycles. The van der Waals surface area contributed by atoms with Crippen LogP contribution in [0.5, 0.6) is 0 Å². The number of nitrogens with one attached hydrogen (secondary N) is 1. The Morgan fingerprint density at radius 2 is 1.05 bits per heavy atom. The highest BCUT2D eigenvalue weighted by molar-refractivity contribution is 7.99. The van der Waals surface area contributed by atoms with Gasteiger partial charge in [-0.05, 0) is 48.6 Å². The van der Waals surface area contributed by atoms with Gasteiger partial charge in [0.15, 0.2) is 11.6 Å². The van der Waals surface area contributed by atoms with E-state index in [1.54, 1.807) is 0 Å². The second kappa shape index (κ2) is 6.45. The Labute approximate surface area is 132 Å². The van der Waals surface area contributed by atoms with Crippen molar-refractivity contribution >= 4 is 34.7 Å². The summed E-state index contributed by atoms with van der Waals surface area (Å²) >= 11 is 1.82. The number of hydrogen-bond donors (Lipinski definition) is 1. The number of rotatable bonds is 0. The van der Waals surface area contributed by atoms with Crippen LogP contribution < -0.4 is 5.32 Å². The molecule has 1 aliphatic heterocycles. The summed E-state index contributed by atoms with van der Waals surface area (Å²) < 4.78 is 0. The maximum Gasteiger partial charge on any atom is 0.178 e. The van der Waals surface area contributed by atoms with Crippen LogP contribution in [0, 0.1) is 0 Å². The van der Waals surface area contributed by atoms with Gasteiger partial charge < -0.3 is 5.32 Å². The predicted molar refractivity (Wildman–Crippen MR) is 88.6 cm³/mol. The Bertz CT molecular complexity index is 668. The summed E-state index contributed by atoms with van der Waals surface area (Å²) in [6.45, 7) is 0. The molecule has 22 heavy (non-hydrogen) atoms. The lowest BCUT2D eigenvalue weighted by Crippen LogP contribution is -1.98. The zero-order valence-corrected chi connectivity index (χ0v) is 12.5. The first kappa shape index (κ1) is 14.4. The molecule has 0 aromatic heterocycles. The molecule has 0 radical (unpaired) electrons. The number of hydrogen-bond acceptors (Lipinski definition) is 4. The summed E-state index contributed by atoms with van der Waals surface area (Å²) in [4.78, 5) is 23.2. The predicted octanol–water partition coefficient (Wildman–Crippen LogP) is 4.15. The minimum absolute atomic E-state index is 0.121. The van der Waals surface area contributed by atoms with Gasteiger partial charge in [0.25, 0.3) is 0 Å².